The van der Waals surface area contributed by atoms with Gasteiger partial charge in [-0.15, -0.1) is 0 Å². The maximum atomic E-state index is 4.88. The van der Waals surface area contributed by atoms with Crippen molar-refractivity contribution < 1.29 is 0 Å². The van der Waals surface area contributed by atoms with Gasteiger partial charge in [0.25, 0.3) is 0 Å². The molecule has 0 saturated heterocycles. The van der Waals surface area contributed by atoms with Gasteiger partial charge in [0.15, 0.2) is 5.96 Å². The molecule has 0 amide bonds. The van der Waals surface area contributed by atoms with Crippen LogP contribution in [0.5, 0.6) is 0 Å². The van der Waals surface area contributed by atoms with Crippen LogP contribution in [0, 0.1) is 5.92 Å². The average molecular weight is 380 g/mol. The first-order valence-corrected chi connectivity index (χ1v) is 10.6. The number of nitrogens with one attached hydrogen (secondary N) is 2. The number of hydrogen-bond donors (Lipinski definition) is 2. The zero-order chi connectivity index (χ0) is 20.2. The Hall–Kier alpha value is -2.29. The molecular weight excluding hydrogens is 342 g/mol. The van der Waals surface area contributed by atoms with Gasteiger partial charge in [-0.1, -0.05) is 94.3 Å². The Morgan fingerprint density at radius 1 is 0.964 bits per heavy atom. The molecule has 1 unspecified atom stereocenters. The molecule has 3 nitrogen and oxygen atoms in total. The molecule has 0 radical (unpaired) electrons. The van der Waals surface area contributed by atoms with Crippen molar-refractivity contribution >= 4 is 5.96 Å². The molecule has 0 heterocycles. The van der Waals surface area contributed by atoms with E-state index in [-0.39, 0.29) is 5.54 Å². The number of nitrogens with zero attached hydrogens (tertiary/aromatic N) is 1. The van der Waals surface area contributed by atoms with Crippen LogP contribution in [0.2, 0.25) is 0 Å². The molecule has 0 bridgehead atoms. The molecule has 0 aliphatic rings. The van der Waals surface area contributed by atoms with E-state index in [1.807, 2.05) is 6.07 Å². The summed E-state index contributed by atoms with van der Waals surface area (Å²) in [4.78, 5) is 4.88. The minimum Gasteiger partial charge on any atom is -0.352 e. The molecule has 2 aromatic carbocycles. The highest BCUT2D eigenvalue weighted by Gasteiger charge is 2.23. The third-order valence-electron chi connectivity index (χ3n) is 5.28. The summed E-state index contributed by atoms with van der Waals surface area (Å²) in [5.41, 5.74) is 2.53. The lowest BCUT2D eigenvalue weighted by Crippen LogP contribution is -2.50. The summed E-state index contributed by atoms with van der Waals surface area (Å²) in [6, 6.07) is 20.9. The fourth-order valence-electron chi connectivity index (χ4n) is 3.19. The summed E-state index contributed by atoms with van der Waals surface area (Å²) in [7, 11) is 0. The largest absolute Gasteiger partial charge is 0.352 e. The molecular formula is C25H37N3. The van der Waals surface area contributed by atoms with Gasteiger partial charge >= 0.3 is 0 Å². The topological polar surface area (TPSA) is 36.4 Å². The number of aliphatic imine (C=N–C) groups is 1. The highest BCUT2D eigenvalue weighted by molar-refractivity contribution is 5.80. The van der Waals surface area contributed by atoms with Crippen molar-refractivity contribution in [3.05, 3.63) is 71.8 Å². The maximum absolute atomic E-state index is 4.88. The minimum atomic E-state index is 0.0497. The molecule has 2 rings (SSSR count). The second kappa shape index (κ2) is 11.5. The van der Waals surface area contributed by atoms with E-state index >= 15 is 0 Å². The van der Waals surface area contributed by atoms with E-state index in [1.54, 1.807) is 0 Å². The molecule has 0 fully saturated rings. The van der Waals surface area contributed by atoms with Crippen LogP contribution in [0.3, 0.4) is 0 Å². The van der Waals surface area contributed by atoms with Crippen LogP contribution in [0.15, 0.2) is 65.7 Å². The molecule has 0 spiro atoms. The van der Waals surface area contributed by atoms with Crippen molar-refractivity contribution in [1.29, 1.82) is 0 Å². The second-order valence-corrected chi connectivity index (χ2v) is 8.31. The first-order chi connectivity index (χ1) is 13.5. The van der Waals surface area contributed by atoms with E-state index in [2.05, 4.69) is 92.9 Å². The number of rotatable bonds is 10. The van der Waals surface area contributed by atoms with Gasteiger partial charge in [-0.2, -0.15) is 0 Å². The quantitative estimate of drug-likeness (QED) is 0.397. The van der Waals surface area contributed by atoms with Crippen molar-refractivity contribution in [1.82, 2.24) is 10.6 Å². The van der Waals surface area contributed by atoms with Gasteiger partial charge in [-0.05, 0) is 36.8 Å². The van der Waals surface area contributed by atoms with E-state index in [4.69, 9.17) is 4.99 Å². The summed E-state index contributed by atoms with van der Waals surface area (Å²) < 4.78 is 0. The van der Waals surface area contributed by atoms with Crippen molar-refractivity contribution in [2.75, 3.05) is 0 Å². The van der Waals surface area contributed by atoms with Gasteiger partial charge in [-0.3, -0.25) is 0 Å². The van der Waals surface area contributed by atoms with Gasteiger partial charge < -0.3 is 10.6 Å². The second-order valence-electron chi connectivity index (χ2n) is 8.31. The van der Waals surface area contributed by atoms with Crippen molar-refractivity contribution in [3.8, 4) is 0 Å². The molecule has 1 atom stereocenters. The van der Waals surface area contributed by atoms with Crippen LogP contribution in [0.1, 0.15) is 64.5 Å². The van der Waals surface area contributed by atoms with Crippen molar-refractivity contribution in [2.24, 2.45) is 10.9 Å². The monoisotopic (exact) mass is 379 g/mol. The van der Waals surface area contributed by atoms with E-state index in [0.29, 0.717) is 6.54 Å². The minimum absolute atomic E-state index is 0.0497. The smallest absolute Gasteiger partial charge is 0.192 e. The standard InChI is InChI=1S/C25H37N3/c1-5-25(4,18-12-13-21(2)3)28-24(26-19-22-14-8-6-9-15-22)27-20-23-16-10-7-11-17-23/h6-11,14-17,21H,5,12-13,18-20H2,1-4H3,(H2,26,27,28). The molecule has 28 heavy (non-hydrogen) atoms. The zero-order valence-corrected chi connectivity index (χ0v) is 18.0. The lowest BCUT2D eigenvalue weighted by Gasteiger charge is -2.32. The van der Waals surface area contributed by atoms with Gasteiger partial charge in [0, 0.05) is 12.1 Å². The highest BCUT2D eigenvalue weighted by Crippen LogP contribution is 2.20. The van der Waals surface area contributed by atoms with Crippen LogP contribution in [-0.2, 0) is 13.1 Å². The zero-order valence-electron chi connectivity index (χ0n) is 18.0. The summed E-state index contributed by atoms with van der Waals surface area (Å²) >= 11 is 0. The van der Waals surface area contributed by atoms with Crippen molar-refractivity contribution in [2.45, 2.75) is 72.0 Å². The van der Waals surface area contributed by atoms with Gasteiger partial charge in [0.05, 0.1) is 6.54 Å². The van der Waals surface area contributed by atoms with Crippen LogP contribution in [-0.4, -0.2) is 11.5 Å². The average Bonchev–Trinajstić information content (AvgIpc) is 2.71. The molecule has 2 aromatic rings. The summed E-state index contributed by atoms with van der Waals surface area (Å²) in [6.45, 7) is 10.6. The molecule has 3 heteroatoms. The Labute approximate surface area is 171 Å². The van der Waals surface area contributed by atoms with Crippen LogP contribution >= 0.6 is 0 Å². The van der Waals surface area contributed by atoms with Crippen LogP contribution in [0.4, 0.5) is 0 Å². The molecule has 0 saturated carbocycles. The SMILES string of the molecule is CCC(C)(CCCC(C)C)NC(=NCc1ccccc1)NCc1ccccc1. The molecule has 152 valence electrons. The normalized spacial score (nSPS) is 14.0. The Kier molecular flexibility index (Phi) is 9.06. The molecule has 0 aromatic heterocycles. The van der Waals surface area contributed by atoms with Gasteiger partial charge in [0.2, 0.25) is 0 Å². The highest BCUT2D eigenvalue weighted by atomic mass is 15.2. The summed E-state index contributed by atoms with van der Waals surface area (Å²) in [6.07, 6.45) is 4.73. The number of guanidine groups is 1. The summed E-state index contributed by atoms with van der Waals surface area (Å²) in [5.74, 6) is 1.64. The first kappa shape index (κ1) is 22.0. The third-order valence-corrected chi connectivity index (χ3v) is 5.28. The predicted octanol–water partition coefficient (Wildman–Crippen LogP) is 5.92. The van der Waals surface area contributed by atoms with Crippen LogP contribution < -0.4 is 10.6 Å². The van der Waals surface area contributed by atoms with E-state index in [0.717, 1.165) is 31.3 Å². The third kappa shape index (κ3) is 8.16. The Balaban J connectivity index is 2.06. The van der Waals surface area contributed by atoms with Gasteiger partial charge in [-0.25, -0.2) is 4.99 Å². The Morgan fingerprint density at radius 3 is 2.14 bits per heavy atom. The van der Waals surface area contributed by atoms with E-state index in [9.17, 15) is 0 Å². The first-order valence-electron chi connectivity index (χ1n) is 10.6. The predicted molar refractivity (Wildman–Crippen MR) is 121 cm³/mol. The lowest BCUT2D eigenvalue weighted by atomic mass is 9.90. The molecule has 0 aliphatic carbocycles. The Bertz CT molecular complexity index is 694. The van der Waals surface area contributed by atoms with E-state index in [1.165, 1.54) is 24.0 Å². The number of benzene rings is 2. The molecule has 2 N–H and O–H groups in total. The fraction of sp³-hybridized carbons (Fsp3) is 0.480. The lowest BCUT2D eigenvalue weighted by molar-refractivity contribution is 0.343. The molecule has 0 aliphatic heterocycles. The summed E-state index contributed by atoms with van der Waals surface area (Å²) in [5, 5.41) is 7.27. The fourth-order valence-corrected chi connectivity index (χ4v) is 3.19. The number of hydrogen-bond acceptors (Lipinski definition) is 1. The van der Waals surface area contributed by atoms with Crippen LogP contribution in [0.25, 0.3) is 0 Å². The Morgan fingerprint density at radius 2 is 1.57 bits per heavy atom. The maximum Gasteiger partial charge on any atom is 0.192 e. The van der Waals surface area contributed by atoms with E-state index < -0.39 is 0 Å². The van der Waals surface area contributed by atoms with Crippen molar-refractivity contribution in [3.63, 3.8) is 0 Å². The van der Waals surface area contributed by atoms with Gasteiger partial charge in [0.1, 0.15) is 0 Å².